The van der Waals surface area contributed by atoms with Crippen molar-refractivity contribution in [1.82, 2.24) is 9.97 Å². The third-order valence-corrected chi connectivity index (χ3v) is 2.55. The molecule has 0 radical (unpaired) electrons. The molecule has 18 heavy (non-hydrogen) atoms. The molecule has 2 aromatic rings. The van der Waals surface area contributed by atoms with Crippen molar-refractivity contribution >= 4 is 23.8 Å². The molecule has 1 aromatic heterocycles. The van der Waals surface area contributed by atoms with Gasteiger partial charge >= 0.3 is 0 Å². The van der Waals surface area contributed by atoms with Crippen molar-refractivity contribution in [3.8, 4) is 5.75 Å². The maximum absolute atomic E-state index is 5.87. The van der Waals surface area contributed by atoms with E-state index in [-0.39, 0.29) is 0 Å². The van der Waals surface area contributed by atoms with E-state index >= 15 is 0 Å². The van der Waals surface area contributed by atoms with Gasteiger partial charge in [0.2, 0.25) is 0 Å². The van der Waals surface area contributed by atoms with Crippen LogP contribution in [0.4, 0.5) is 0 Å². The number of hydrogen-bond donors (Lipinski definition) is 0. The highest BCUT2D eigenvalue weighted by molar-refractivity contribution is 6.29. The second-order valence-electron chi connectivity index (χ2n) is 3.80. The minimum atomic E-state index is 0.452. The van der Waals surface area contributed by atoms with Gasteiger partial charge in [0.1, 0.15) is 10.9 Å². The summed E-state index contributed by atoms with van der Waals surface area (Å²) >= 11 is 5.87. The third-order valence-electron chi connectivity index (χ3n) is 2.36. The van der Waals surface area contributed by atoms with Crippen LogP contribution in [0.3, 0.4) is 0 Å². The monoisotopic (exact) mass is 260 g/mol. The van der Waals surface area contributed by atoms with Gasteiger partial charge in [0, 0.05) is 5.69 Å². The topological polar surface area (TPSA) is 35.0 Å². The van der Waals surface area contributed by atoms with E-state index in [1.807, 2.05) is 43.3 Å². The Morgan fingerprint density at radius 2 is 2.00 bits per heavy atom. The third kappa shape index (κ3) is 3.31. The molecule has 0 saturated carbocycles. The van der Waals surface area contributed by atoms with E-state index in [9.17, 15) is 0 Å². The molecule has 0 aliphatic heterocycles. The molecule has 3 nitrogen and oxygen atoms in total. The van der Waals surface area contributed by atoms with Crippen molar-refractivity contribution in [1.29, 1.82) is 0 Å². The van der Waals surface area contributed by atoms with Gasteiger partial charge in [-0.2, -0.15) is 0 Å². The first-order chi connectivity index (χ1) is 8.67. The molecule has 4 heteroatoms. The van der Waals surface area contributed by atoms with E-state index in [2.05, 4.69) is 9.97 Å². The van der Waals surface area contributed by atoms with Crippen LogP contribution >= 0.6 is 11.6 Å². The Hall–Kier alpha value is -1.87. The molecule has 0 bridgehead atoms. The largest absolute Gasteiger partial charge is 0.497 e. The highest BCUT2D eigenvalue weighted by Crippen LogP contribution is 2.15. The van der Waals surface area contributed by atoms with Crippen LogP contribution in [0.15, 0.2) is 30.3 Å². The van der Waals surface area contributed by atoms with Gasteiger partial charge in [-0.3, -0.25) is 0 Å². The summed E-state index contributed by atoms with van der Waals surface area (Å²) in [6, 6.07) is 9.48. The zero-order chi connectivity index (χ0) is 13.0. The summed E-state index contributed by atoms with van der Waals surface area (Å²) in [4.78, 5) is 8.41. The number of benzene rings is 1. The van der Waals surface area contributed by atoms with Crippen molar-refractivity contribution in [2.45, 2.75) is 6.92 Å². The van der Waals surface area contributed by atoms with E-state index in [1.165, 1.54) is 0 Å². The predicted molar refractivity (Wildman–Crippen MR) is 73.7 cm³/mol. The van der Waals surface area contributed by atoms with Crippen LogP contribution in [-0.4, -0.2) is 17.1 Å². The Balaban J connectivity index is 2.24. The highest BCUT2D eigenvalue weighted by Gasteiger charge is 1.97. The number of hydrogen-bond acceptors (Lipinski definition) is 3. The van der Waals surface area contributed by atoms with Crippen LogP contribution in [-0.2, 0) is 0 Å². The first-order valence-electron chi connectivity index (χ1n) is 5.51. The minimum absolute atomic E-state index is 0.452. The number of halogens is 1. The Morgan fingerprint density at radius 1 is 1.17 bits per heavy atom. The van der Waals surface area contributed by atoms with E-state index < -0.39 is 0 Å². The molecule has 0 amide bonds. The van der Waals surface area contributed by atoms with E-state index in [1.54, 1.807) is 13.2 Å². The molecule has 92 valence electrons. The van der Waals surface area contributed by atoms with Crippen LogP contribution in [0.1, 0.15) is 17.1 Å². The summed E-state index contributed by atoms with van der Waals surface area (Å²) in [7, 11) is 1.65. The molecular formula is C14H13ClN2O. The summed E-state index contributed by atoms with van der Waals surface area (Å²) in [6.45, 7) is 1.89. The highest BCUT2D eigenvalue weighted by atomic mass is 35.5. The van der Waals surface area contributed by atoms with Crippen molar-refractivity contribution in [2.24, 2.45) is 0 Å². The fourth-order valence-electron chi connectivity index (χ4n) is 1.54. The number of aryl methyl sites for hydroxylation is 1. The van der Waals surface area contributed by atoms with Crippen LogP contribution in [0, 0.1) is 6.92 Å². The van der Waals surface area contributed by atoms with Gasteiger partial charge in [-0.15, -0.1) is 0 Å². The van der Waals surface area contributed by atoms with Crippen LogP contribution in [0.25, 0.3) is 12.2 Å². The number of aromatic nitrogens is 2. The van der Waals surface area contributed by atoms with Gasteiger partial charge < -0.3 is 4.74 Å². The Labute approximate surface area is 111 Å². The number of ether oxygens (including phenoxy) is 1. The molecule has 0 atom stereocenters. The first-order valence-corrected chi connectivity index (χ1v) is 5.88. The summed E-state index contributed by atoms with van der Waals surface area (Å²) in [6.07, 6.45) is 3.75. The number of methoxy groups -OCH3 is 1. The maximum atomic E-state index is 5.87. The maximum Gasteiger partial charge on any atom is 0.153 e. The van der Waals surface area contributed by atoms with Gasteiger partial charge in [-0.25, -0.2) is 9.97 Å². The molecule has 2 rings (SSSR count). The molecule has 0 aliphatic carbocycles. The summed E-state index contributed by atoms with van der Waals surface area (Å²) in [5, 5.41) is 0.452. The Bertz CT molecular complexity index is 562. The fourth-order valence-corrected chi connectivity index (χ4v) is 1.79. The van der Waals surface area contributed by atoms with Gasteiger partial charge in [-0.1, -0.05) is 29.8 Å². The van der Waals surface area contributed by atoms with Crippen molar-refractivity contribution in [2.75, 3.05) is 7.11 Å². The van der Waals surface area contributed by atoms with Crippen LogP contribution in [0.2, 0.25) is 5.15 Å². The molecular weight excluding hydrogens is 248 g/mol. The molecule has 0 unspecified atom stereocenters. The van der Waals surface area contributed by atoms with Crippen LogP contribution < -0.4 is 4.74 Å². The molecule has 0 N–H and O–H groups in total. The molecule has 0 spiro atoms. The lowest BCUT2D eigenvalue weighted by Gasteiger charge is -2.00. The number of nitrogens with zero attached hydrogens (tertiary/aromatic N) is 2. The molecule has 1 aromatic carbocycles. The summed E-state index contributed by atoms with van der Waals surface area (Å²) in [5.74, 6) is 1.42. The second-order valence-corrected chi connectivity index (χ2v) is 4.19. The fraction of sp³-hybridized carbons (Fsp3) is 0.143. The number of rotatable bonds is 3. The SMILES string of the molecule is COc1cccc(C=Cc2nc(C)cc(Cl)n2)c1. The molecule has 0 fully saturated rings. The lowest BCUT2D eigenvalue weighted by Crippen LogP contribution is -1.90. The van der Waals surface area contributed by atoms with Crippen molar-refractivity contribution < 1.29 is 4.74 Å². The second kappa shape index (κ2) is 5.65. The quantitative estimate of drug-likeness (QED) is 0.791. The van der Waals surface area contributed by atoms with E-state index in [0.717, 1.165) is 17.0 Å². The van der Waals surface area contributed by atoms with Crippen molar-refractivity contribution in [3.63, 3.8) is 0 Å². The van der Waals surface area contributed by atoms with Crippen molar-refractivity contribution in [3.05, 3.63) is 52.6 Å². The summed E-state index contributed by atoms with van der Waals surface area (Å²) < 4.78 is 5.16. The van der Waals surface area contributed by atoms with Gasteiger partial charge in [0.05, 0.1) is 7.11 Å². The molecule has 0 saturated heterocycles. The normalized spacial score (nSPS) is 10.8. The zero-order valence-corrected chi connectivity index (χ0v) is 11.0. The lowest BCUT2D eigenvalue weighted by molar-refractivity contribution is 0.414. The Kier molecular flexibility index (Phi) is 3.95. The average Bonchev–Trinajstić information content (AvgIpc) is 2.35. The smallest absolute Gasteiger partial charge is 0.153 e. The van der Waals surface area contributed by atoms with Gasteiger partial charge in [0.15, 0.2) is 5.82 Å². The minimum Gasteiger partial charge on any atom is -0.497 e. The first kappa shape index (κ1) is 12.6. The Morgan fingerprint density at radius 3 is 2.72 bits per heavy atom. The van der Waals surface area contributed by atoms with Crippen LogP contribution in [0.5, 0.6) is 5.75 Å². The predicted octanol–water partition coefficient (Wildman–Crippen LogP) is 3.62. The summed E-state index contributed by atoms with van der Waals surface area (Å²) in [5.41, 5.74) is 1.87. The van der Waals surface area contributed by atoms with Gasteiger partial charge in [0.25, 0.3) is 0 Å². The van der Waals surface area contributed by atoms with E-state index in [4.69, 9.17) is 16.3 Å². The standard InChI is InChI=1S/C14H13ClN2O/c1-10-8-13(15)17-14(16-10)7-6-11-4-3-5-12(9-11)18-2/h3-9H,1-2H3. The molecule has 0 aliphatic rings. The van der Waals surface area contributed by atoms with Gasteiger partial charge in [-0.05, 0) is 36.8 Å². The zero-order valence-electron chi connectivity index (χ0n) is 10.2. The average molecular weight is 261 g/mol. The van der Waals surface area contributed by atoms with E-state index in [0.29, 0.717) is 11.0 Å². The lowest BCUT2D eigenvalue weighted by atomic mass is 10.2. The molecule has 1 heterocycles.